The highest BCUT2D eigenvalue weighted by Gasteiger charge is 2.02. The lowest BCUT2D eigenvalue weighted by Crippen LogP contribution is -2.55. The minimum atomic E-state index is 0.828. The molecule has 0 aliphatic carbocycles. The van der Waals surface area contributed by atoms with Crippen molar-refractivity contribution in [2.75, 3.05) is 21.1 Å². The minimum Gasteiger partial charge on any atom is -0.526 e. The number of hydrogen-bond acceptors (Lipinski definition) is 0. The van der Waals surface area contributed by atoms with Crippen LogP contribution in [0.2, 0.25) is 0 Å². The van der Waals surface area contributed by atoms with Gasteiger partial charge in [-0.15, -0.1) is 0 Å². The average molecular weight is 152 g/mol. The number of hydrogen-bond donors (Lipinski definition) is 0. The first-order valence-corrected chi connectivity index (χ1v) is 3.67. The molecule has 0 unspecified atom stereocenters. The summed E-state index contributed by atoms with van der Waals surface area (Å²) in [4.78, 5) is 0. The van der Waals surface area contributed by atoms with E-state index in [1.54, 1.807) is 0 Å². The van der Waals surface area contributed by atoms with Crippen LogP contribution in [0.5, 0.6) is 0 Å². The van der Waals surface area contributed by atoms with E-state index in [0.717, 1.165) is 4.39 Å². The first-order chi connectivity index (χ1) is 4.97. The molecule has 0 spiro atoms. The molecule has 0 aliphatic rings. The Bertz CT molecular complexity index is 236. The van der Waals surface area contributed by atoms with Gasteiger partial charge in [-0.25, -0.2) is 4.57 Å². The molecular formula is C7H15BN3+. The third-order valence-corrected chi connectivity index (χ3v) is 1.27. The van der Waals surface area contributed by atoms with Crippen LogP contribution in [0.3, 0.4) is 0 Å². The van der Waals surface area contributed by atoms with E-state index in [1.807, 2.05) is 30.3 Å². The SMILES string of the molecule is Cn1cc[n+]([B-][N+](C)(C)C)c1. The Labute approximate surface area is 68.7 Å². The van der Waals surface area contributed by atoms with Gasteiger partial charge in [0.05, 0.1) is 13.2 Å². The molecule has 1 aromatic rings. The molecule has 11 heavy (non-hydrogen) atoms. The Hall–Kier alpha value is -0.765. The van der Waals surface area contributed by atoms with Crippen LogP contribution < -0.4 is 4.48 Å². The molecule has 0 N–H and O–H groups in total. The van der Waals surface area contributed by atoms with Crippen molar-refractivity contribution in [3.05, 3.63) is 18.7 Å². The lowest BCUT2D eigenvalue weighted by atomic mass is 10.1. The summed E-state index contributed by atoms with van der Waals surface area (Å²) >= 11 is 0. The Morgan fingerprint density at radius 2 is 2.00 bits per heavy atom. The monoisotopic (exact) mass is 152 g/mol. The van der Waals surface area contributed by atoms with E-state index in [0.29, 0.717) is 0 Å². The molecule has 1 aromatic heterocycles. The summed E-state index contributed by atoms with van der Waals surface area (Å²) in [6.07, 6.45) is 6.08. The van der Waals surface area contributed by atoms with Gasteiger partial charge in [0.15, 0.2) is 6.33 Å². The number of aromatic nitrogens is 2. The van der Waals surface area contributed by atoms with Crippen molar-refractivity contribution in [2.45, 2.75) is 0 Å². The second-order valence-electron chi connectivity index (χ2n) is 3.76. The molecule has 0 atom stereocenters. The fourth-order valence-electron chi connectivity index (χ4n) is 0.938. The Morgan fingerprint density at radius 1 is 1.36 bits per heavy atom. The molecular weight excluding hydrogens is 137 g/mol. The first kappa shape index (κ1) is 8.33. The topological polar surface area (TPSA) is 8.81 Å². The highest BCUT2D eigenvalue weighted by molar-refractivity contribution is 6.13. The zero-order valence-electron chi connectivity index (χ0n) is 7.65. The lowest BCUT2D eigenvalue weighted by molar-refractivity contribution is -0.806. The van der Waals surface area contributed by atoms with E-state index in [-0.39, 0.29) is 0 Å². The molecule has 0 aliphatic heterocycles. The number of aryl methyl sites for hydroxylation is 1. The van der Waals surface area contributed by atoms with Gasteiger partial charge in [0, 0.05) is 21.1 Å². The van der Waals surface area contributed by atoms with E-state index in [2.05, 4.69) is 33.2 Å². The van der Waals surface area contributed by atoms with Crippen LogP contribution in [0, 0.1) is 0 Å². The van der Waals surface area contributed by atoms with Crippen LogP contribution >= 0.6 is 0 Å². The van der Waals surface area contributed by atoms with E-state index in [4.69, 9.17) is 0 Å². The number of rotatable bonds is 2. The van der Waals surface area contributed by atoms with Crippen molar-refractivity contribution >= 4 is 7.55 Å². The fraction of sp³-hybridized carbons (Fsp3) is 0.571. The van der Waals surface area contributed by atoms with Gasteiger partial charge in [0.25, 0.3) is 7.55 Å². The van der Waals surface area contributed by atoms with Gasteiger partial charge in [-0.1, -0.05) is 0 Å². The van der Waals surface area contributed by atoms with E-state index in [9.17, 15) is 0 Å². The molecule has 2 radical (unpaired) electrons. The van der Waals surface area contributed by atoms with Gasteiger partial charge in [0.2, 0.25) is 0 Å². The summed E-state index contributed by atoms with van der Waals surface area (Å²) in [5.41, 5.74) is 0. The summed E-state index contributed by atoms with van der Waals surface area (Å²) in [6.45, 7) is 0. The molecule has 0 bridgehead atoms. The number of imidazole rings is 1. The van der Waals surface area contributed by atoms with Crippen molar-refractivity contribution in [3.63, 3.8) is 0 Å². The highest BCUT2D eigenvalue weighted by Crippen LogP contribution is 1.83. The van der Waals surface area contributed by atoms with E-state index in [1.165, 1.54) is 0 Å². The molecule has 0 fully saturated rings. The smallest absolute Gasteiger partial charge is 0.282 e. The predicted molar refractivity (Wildman–Crippen MR) is 44.8 cm³/mol. The van der Waals surface area contributed by atoms with Crippen LogP contribution in [0.1, 0.15) is 0 Å². The van der Waals surface area contributed by atoms with Crippen LogP contribution in [0.25, 0.3) is 0 Å². The number of nitrogens with zero attached hydrogens (tertiary/aromatic N) is 3. The van der Waals surface area contributed by atoms with Gasteiger partial charge in [-0.2, -0.15) is 0 Å². The Kier molecular flexibility index (Phi) is 2.04. The number of quaternary nitrogens is 1. The molecule has 0 saturated carbocycles. The van der Waals surface area contributed by atoms with Gasteiger partial charge in [-0.3, -0.25) is 0 Å². The molecule has 60 valence electrons. The largest absolute Gasteiger partial charge is 0.526 e. The maximum absolute atomic E-state index is 2.12. The Balaban J connectivity index is 2.65. The summed E-state index contributed by atoms with van der Waals surface area (Å²) in [5, 5.41) is 0. The first-order valence-electron chi connectivity index (χ1n) is 3.67. The van der Waals surface area contributed by atoms with E-state index >= 15 is 0 Å². The molecule has 0 aromatic carbocycles. The Morgan fingerprint density at radius 3 is 2.36 bits per heavy atom. The molecule has 4 heteroatoms. The maximum atomic E-state index is 2.12. The molecule has 0 saturated heterocycles. The van der Waals surface area contributed by atoms with Gasteiger partial charge in [0.1, 0.15) is 6.20 Å². The van der Waals surface area contributed by atoms with Crippen molar-refractivity contribution in [2.24, 2.45) is 7.05 Å². The minimum absolute atomic E-state index is 0.828. The molecule has 1 rings (SSSR count). The highest BCUT2D eigenvalue weighted by atomic mass is 15.3. The van der Waals surface area contributed by atoms with Crippen molar-refractivity contribution < 1.29 is 8.87 Å². The second-order valence-corrected chi connectivity index (χ2v) is 3.76. The standard InChI is InChI=1S/C7H15BN3/c1-9-5-6-10(7-9)8-11(2,3)4/h5-7H,1-4H3/q+1. The third kappa shape index (κ3) is 2.76. The third-order valence-electron chi connectivity index (χ3n) is 1.27. The van der Waals surface area contributed by atoms with Gasteiger partial charge >= 0.3 is 0 Å². The van der Waals surface area contributed by atoms with Crippen molar-refractivity contribution in [1.29, 1.82) is 0 Å². The fourth-order valence-corrected chi connectivity index (χ4v) is 0.938. The van der Waals surface area contributed by atoms with Crippen LogP contribution in [0.15, 0.2) is 18.7 Å². The zero-order chi connectivity index (χ0) is 8.48. The second kappa shape index (κ2) is 2.70. The van der Waals surface area contributed by atoms with Crippen LogP contribution in [0.4, 0.5) is 0 Å². The average Bonchev–Trinajstić information content (AvgIpc) is 2.10. The van der Waals surface area contributed by atoms with Crippen LogP contribution in [-0.4, -0.2) is 37.7 Å². The quantitative estimate of drug-likeness (QED) is 0.500. The molecule has 3 nitrogen and oxygen atoms in total. The van der Waals surface area contributed by atoms with Crippen molar-refractivity contribution in [3.8, 4) is 0 Å². The van der Waals surface area contributed by atoms with Crippen molar-refractivity contribution in [1.82, 2.24) is 4.57 Å². The molecule has 1 heterocycles. The summed E-state index contributed by atoms with van der Waals surface area (Å²) in [7, 11) is 10.5. The van der Waals surface area contributed by atoms with Gasteiger partial charge < -0.3 is 8.87 Å². The summed E-state index contributed by atoms with van der Waals surface area (Å²) in [6, 6.07) is 0. The predicted octanol–water partition coefficient (Wildman–Crippen LogP) is -0.599. The van der Waals surface area contributed by atoms with E-state index < -0.39 is 0 Å². The van der Waals surface area contributed by atoms with Crippen LogP contribution in [-0.2, 0) is 7.05 Å². The van der Waals surface area contributed by atoms with Gasteiger partial charge in [-0.05, 0) is 0 Å². The summed E-state index contributed by atoms with van der Waals surface area (Å²) < 4.78 is 4.90. The normalized spacial score (nSPS) is 12.0. The molecule has 0 amide bonds. The summed E-state index contributed by atoms with van der Waals surface area (Å²) in [5.74, 6) is 0. The lowest BCUT2D eigenvalue weighted by Gasteiger charge is -2.33. The maximum Gasteiger partial charge on any atom is 0.282 e. The zero-order valence-corrected chi connectivity index (χ0v) is 7.65.